The number of carbonyl (C=O) groups excluding carboxylic acids is 3. The summed E-state index contributed by atoms with van der Waals surface area (Å²) in [4.78, 5) is 39.5. The van der Waals surface area contributed by atoms with Gasteiger partial charge < -0.3 is 4.74 Å². The van der Waals surface area contributed by atoms with Crippen molar-refractivity contribution >= 4 is 17.5 Å². The standard InChI is InChI=1S/C19H26O4/c1-9-6-7-11-10(2)8-12-13-17(3,4)23-16(22)18(13,5)15(21)19(11,12)14(9)20/h9-13H,6-8H2,1-5H3/t9-,10-,11+,12-,13+,18-,19-/m0/s1. The van der Waals surface area contributed by atoms with Gasteiger partial charge in [0.1, 0.15) is 16.8 Å². The molecule has 4 aliphatic rings. The summed E-state index contributed by atoms with van der Waals surface area (Å²) < 4.78 is 5.60. The predicted molar refractivity (Wildman–Crippen MR) is 83.4 cm³/mol. The second kappa shape index (κ2) is 4.07. The number of cyclic esters (lactones) is 1. The first-order valence-corrected chi connectivity index (χ1v) is 8.92. The van der Waals surface area contributed by atoms with Crippen molar-refractivity contribution < 1.29 is 19.1 Å². The van der Waals surface area contributed by atoms with E-state index in [4.69, 9.17) is 4.74 Å². The van der Waals surface area contributed by atoms with Crippen LogP contribution >= 0.6 is 0 Å². The Morgan fingerprint density at radius 1 is 1.00 bits per heavy atom. The Kier molecular flexibility index (Phi) is 2.71. The monoisotopic (exact) mass is 318 g/mol. The van der Waals surface area contributed by atoms with Crippen LogP contribution in [0.4, 0.5) is 0 Å². The minimum Gasteiger partial charge on any atom is -0.459 e. The van der Waals surface area contributed by atoms with E-state index >= 15 is 0 Å². The van der Waals surface area contributed by atoms with Crippen molar-refractivity contribution in [3.05, 3.63) is 0 Å². The van der Waals surface area contributed by atoms with Crippen LogP contribution in [0.2, 0.25) is 0 Å². The highest BCUT2D eigenvalue weighted by molar-refractivity contribution is 6.20. The SMILES string of the molecule is C[C@H]1CC[C@@H]2[C@@H](C)C[C@H]3[C@@H]4C(C)(C)OC(=O)[C@]4(C)C(=O)[C@@]23C1=O. The van der Waals surface area contributed by atoms with Gasteiger partial charge in [0.2, 0.25) is 0 Å². The lowest BCUT2D eigenvalue weighted by molar-refractivity contribution is -0.162. The molecule has 0 aromatic carbocycles. The first-order chi connectivity index (χ1) is 10.6. The first kappa shape index (κ1) is 15.3. The summed E-state index contributed by atoms with van der Waals surface area (Å²) in [7, 11) is 0. The van der Waals surface area contributed by atoms with E-state index in [0.29, 0.717) is 5.92 Å². The third kappa shape index (κ3) is 1.39. The molecule has 1 aliphatic heterocycles. The van der Waals surface area contributed by atoms with Crippen LogP contribution in [-0.4, -0.2) is 23.1 Å². The second-order valence-corrected chi connectivity index (χ2v) is 9.14. The second-order valence-electron chi connectivity index (χ2n) is 9.14. The third-order valence-corrected chi connectivity index (χ3v) is 7.65. The van der Waals surface area contributed by atoms with Gasteiger partial charge in [0.05, 0.1) is 5.41 Å². The molecule has 3 aliphatic carbocycles. The van der Waals surface area contributed by atoms with Gasteiger partial charge in [-0.15, -0.1) is 0 Å². The fourth-order valence-electron chi connectivity index (χ4n) is 6.95. The number of ether oxygens (including phenoxy) is 1. The highest BCUT2D eigenvalue weighted by Gasteiger charge is 2.82. The minimum absolute atomic E-state index is 0.0447. The van der Waals surface area contributed by atoms with Crippen molar-refractivity contribution in [3.8, 4) is 0 Å². The van der Waals surface area contributed by atoms with E-state index in [1.165, 1.54) is 0 Å². The van der Waals surface area contributed by atoms with E-state index in [2.05, 4.69) is 6.92 Å². The summed E-state index contributed by atoms with van der Waals surface area (Å²) in [5, 5.41) is 0. The third-order valence-electron chi connectivity index (χ3n) is 7.65. The molecule has 0 unspecified atom stereocenters. The number of carbonyl (C=O) groups is 3. The highest BCUT2D eigenvalue weighted by Crippen LogP contribution is 2.72. The Morgan fingerprint density at radius 3 is 2.30 bits per heavy atom. The van der Waals surface area contributed by atoms with E-state index in [1.807, 2.05) is 20.8 Å². The lowest BCUT2D eigenvalue weighted by Gasteiger charge is -2.42. The summed E-state index contributed by atoms with van der Waals surface area (Å²) in [6.45, 7) is 9.66. The first-order valence-electron chi connectivity index (χ1n) is 8.92. The Hall–Kier alpha value is -1.19. The predicted octanol–water partition coefficient (Wildman–Crippen LogP) is 2.78. The van der Waals surface area contributed by atoms with Crippen molar-refractivity contribution in [3.63, 3.8) is 0 Å². The zero-order valence-corrected chi connectivity index (χ0v) is 14.6. The molecule has 23 heavy (non-hydrogen) atoms. The van der Waals surface area contributed by atoms with Gasteiger partial charge in [0, 0.05) is 11.8 Å². The van der Waals surface area contributed by atoms with E-state index in [9.17, 15) is 14.4 Å². The van der Waals surface area contributed by atoms with Crippen LogP contribution in [0.1, 0.15) is 53.9 Å². The minimum atomic E-state index is -1.14. The van der Waals surface area contributed by atoms with E-state index in [-0.39, 0.29) is 35.2 Å². The summed E-state index contributed by atoms with van der Waals surface area (Å²) in [6.07, 6.45) is 2.65. The fourth-order valence-corrected chi connectivity index (χ4v) is 6.95. The zero-order chi connectivity index (χ0) is 16.9. The van der Waals surface area contributed by atoms with E-state index < -0.39 is 22.4 Å². The van der Waals surface area contributed by atoms with Crippen LogP contribution in [0.25, 0.3) is 0 Å². The summed E-state index contributed by atoms with van der Waals surface area (Å²) in [5.74, 6) is -0.281. The number of ketones is 2. The highest BCUT2D eigenvalue weighted by atomic mass is 16.6. The lowest BCUT2D eigenvalue weighted by atomic mass is 9.58. The molecule has 0 N–H and O–H groups in total. The number of hydrogen-bond donors (Lipinski definition) is 0. The van der Waals surface area contributed by atoms with Gasteiger partial charge in [-0.3, -0.25) is 14.4 Å². The maximum absolute atomic E-state index is 13.6. The van der Waals surface area contributed by atoms with Crippen LogP contribution in [0.5, 0.6) is 0 Å². The van der Waals surface area contributed by atoms with Crippen molar-refractivity contribution in [2.24, 2.45) is 40.4 Å². The van der Waals surface area contributed by atoms with Gasteiger partial charge in [-0.25, -0.2) is 0 Å². The largest absolute Gasteiger partial charge is 0.459 e. The quantitative estimate of drug-likeness (QED) is 0.509. The van der Waals surface area contributed by atoms with Crippen LogP contribution in [0.3, 0.4) is 0 Å². The van der Waals surface area contributed by atoms with Gasteiger partial charge in [-0.2, -0.15) is 0 Å². The molecule has 0 aromatic rings. The van der Waals surface area contributed by atoms with Gasteiger partial charge in [0.15, 0.2) is 5.78 Å². The molecular formula is C19H26O4. The lowest BCUT2D eigenvalue weighted by Crippen LogP contribution is -2.53. The number of rotatable bonds is 0. The topological polar surface area (TPSA) is 60.4 Å². The molecule has 1 heterocycles. The summed E-state index contributed by atoms with van der Waals surface area (Å²) in [5.41, 5.74) is -2.74. The molecule has 7 atom stereocenters. The normalized spacial score (nSPS) is 53.8. The van der Waals surface area contributed by atoms with Gasteiger partial charge >= 0.3 is 5.97 Å². The molecule has 1 spiro atoms. The molecule has 1 saturated heterocycles. The average molecular weight is 318 g/mol. The Bertz CT molecular complexity index is 635. The number of hydrogen-bond acceptors (Lipinski definition) is 4. The maximum Gasteiger partial charge on any atom is 0.320 e. The Morgan fingerprint density at radius 2 is 1.65 bits per heavy atom. The fraction of sp³-hybridized carbons (Fsp3) is 0.842. The molecule has 4 nitrogen and oxygen atoms in total. The molecular weight excluding hydrogens is 292 g/mol. The van der Waals surface area contributed by atoms with Crippen molar-refractivity contribution in [1.29, 1.82) is 0 Å². The number of fused-ring (bicyclic) bond motifs is 2. The molecule has 4 fully saturated rings. The van der Waals surface area contributed by atoms with Gasteiger partial charge in [-0.1, -0.05) is 13.8 Å². The van der Waals surface area contributed by atoms with Crippen LogP contribution in [0, 0.1) is 40.4 Å². The van der Waals surface area contributed by atoms with Crippen molar-refractivity contribution in [1.82, 2.24) is 0 Å². The zero-order valence-electron chi connectivity index (χ0n) is 14.6. The van der Waals surface area contributed by atoms with Gasteiger partial charge in [-0.05, 0) is 57.8 Å². The van der Waals surface area contributed by atoms with E-state index in [0.717, 1.165) is 19.3 Å². The van der Waals surface area contributed by atoms with Crippen LogP contribution in [-0.2, 0) is 19.1 Å². The Labute approximate surface area is 137 Å². The van der Waals surface area contributed by atoms with Crippen LogP contribution < -0.4 is 0 Å². The van der Waals surface area contributed by atoms with Crippen LogP contribution in [0.15, 0.2) is 0 Å². The van der Waals surface area contributed by atoms with Gasteiger partial charge in [0.25, 0.3) is 0 Å². The molecule has 126 valence electrons. The molecule has 0 amide bonds. The molecule has 0 bridgehead atoms. The average Bonchev–Trinajstić information content (AvgIpc) is 2.91. The summed E-state index contributed by atoms with van der Waals surface area (Å²) in [6, 6.07) is 0. The van der Waals surface area contributed by atoms with Crippen molar-refractivity contribution in [2.75, 3.05) is 0 Å². The molecule has 0 aromatic heterocycles. The molecule has 3 saturated carbocycles. The number of esters is 1. The molecule has 0 radical (unpaired) electrons. The smallest absolute Gasteiger partial charge is 0.320 e. The summed E-state index contributed by atoms with van der Waals surface area (Å²) >= 11 is 0. The number of Topliss-reactive ketones (excluding diaryl/α,β-unsaturated/α-hetero) is 2. The van der Waals surface area contributed by atoms with E-state index in [1.54, 1.807) is 6.92 Å². The molecule has 4 rings (SSSR count). The maximum atomic E-state index is 13.6. The Balaban J connectivity index is 1.96. The molecule has 4 heteroatoms. The van der Waals surface area contributed by atoms with Crippen molar-refractivity contribution in [2.45, 2.75) is 59.5 Å².